The summed E-state index contributed by atoms with van der Waals surface area (Å²) in [6, 6.07) is 10.8. The number of carbonyl (C=O) groups excluding carboxylic acids is 2. The van der Waals surface area contributed by atoms with Crippen LogP contribution in [0.2, 0.25) is 0 Å². The fourth-order valence-corrected chi connectivity index (χ4v) is 4.09. The number of hydrogen-bond acceptors (Lipinski definition) is 7. The first-order valence-electron chi connectivity index (χ1n) is 9.44. The van der Waals surface area contributed by atoms with E-state index in [1.165, 1.54) is 43.3 Å². The Labute approximate surface area is 179 Å². The summed E-state index contributed by atoms with van der Waals surface area (Å²) in [6.07, 6.45) is -1.05. The monoisotopic (exact) mass is 447 g/mol. The Morgan fingerprint density at radius 3 is 2.55 bits per heavy atom. The minimum atomic E-state index is -3.57. The highest BCUT2D eigenvalue weighted by Crippen LogP contribution is 2.36. The Morgan fingerprint density at radius 1 is 1.13 bits per heavy atom. The van der Waals surface area contributed by atoms with Gasteiger partial charge in [-0.3, -0.25) is 9.69 Å². The molecule has 0 bridgehead atoms. The predicted octanol–water partition coefficient (Wildman–Crippen LogP) is 1.42. The van der Waals surface area contributed by atoms with E-state index in [0.717, 1.165) is 4.31 Å². The molecule has 0 aliphatic carbocycles. The molecule has 2 aromatic carbocycles. The van der Waals surface area contributed by atoms with Gasteiger partial charge in [0.2, 0.25) is 16.8 Å². The van der Waals surface area contributed by atoms with Crippen LogP contribution in [0.1, 0.15) is 10.4 Å². The fourth-order valence-electron chi connectivity index (χ4n) is 3.19. The third-order valence-electron chi connectivity index (χ3n) is 4.93. The zero-order valence-electron chi connectivity index (χ0n) is 16.9. The molecule has 2 aliphatic rings. The van der Waals surface area contributed by atoms with Crippen LogP contribution in [0, 0.1) is 0 Å². The van der Waals surface area contributed by atoms with Gasteiger partial charge in [0.15, 0.2) is 11.5 Å². The Hall–Kier alpha value is -3.31. The summed E-state index contributed by atoms with van der Waals surface area (Å²) < 4.78 is 41.3. The number of hydrogen-bond donors (Lipinski definition) is 1. The molecule has 11 heteroatoms. The number of carbonyl (C=O) groups is 2. The van der Waals surface area contributed by atoms with E-state index in [0.29, 0.717) is 22.7 Å². The molecule has 4 rings (SSSR count). The van der Waals surface area contributed by atoms with E-state index in [2.05, 4.69) is 5.32 Å². The van der Waals surface area contributed by atoms with Crippen molar-refractivity contribution < 1.29 is 32.2 Å². The average molecular weight is 447 g/mol. The summed E-state index contributed by atoms with van der Waals surface area (Å²) >= 11 is 0. The van der Waals surface area contributed by atoms with E-state index in [-0.39, 0.29) is 24.8 Å². The number of anilines is 1. The normalized spacial score (nSPS) is 17.7. The van der Waals surface area contributed by atoms with E-state index in [4.69, 9.17) is 14.2 Å². The lowest BCUT2D eigenvalue weighted by Crippen LogP contribution is -2.34. The molecule has 2 aliphatic heterocycles. The second-order valence-electron chi connectivity index (χ2n) is 7.18. The standard InChI is InChI=1S/C20H21N3O7S/c1-22(2)31(26,27)16-6-3-13(4-7-16)19(24)21-10-15-11-23(20(25)30-15)14-5-8-17-18(9-14)29-12-28-17/h3-9,15H,10-12H2,1-2H3,(H,21,24)/t15-/m1/s1. The lowest BCUT2D eigenvalue weighted by atomic mass is 10.2. The zero-order chi connectivity index (χ0) is 22.2. The van der Waals surface area contributed by atoms with E-state index >= 15 is 0 Å². The molecule has 2 heterocycles. The largest absolute Gasteiger partial charge is 0.454 e. The minimum absolute atomic E-state index is 0.0955. The smallest absolute Gasteiger partial charge is 0.414 e. The van der Waals surface area contributed by atoms with E-state index < -0.39 is 28.1 Å². The van der Waals surface area contributed by atoms with Crippen molar-refractivity contribution in [3.63, 3.8) is 0 Å². The molecule has 0 saturated carbocycles. The van der Waals surface area contributed by atoms with Crippen molar-refractivity contribution in [2.75, 3.05) is 38.9 Å². The quantitative estimate of drug-likeness (QED) is 0.712. The first kappa shape index (κ1) is 20.9. The number of ether oxygens (including phenoxy) is 3. The maximum Gasteiger partial charge on any atom is 0.414 e. The van der Waals surface area contributed by atoms with Gasteiger partial charge in [-0.15, -0.1) is 0 Å². The van der Waals surface area contributed by atoms with Crippen molar-refractivity contribution in [2.45, 2.75) is 11.0 Å². The number of nitrogens with zero attached hydrogens (tertiary/aromatic N) is 2. The van der Waals surface area contributed by atoms with Crippen LogP contribution in [0.3, 0.4) is 0 Å². The third kappa shape index (κ3) is 4.14. The molecule has 31 heavy (non-hydrogen) atoms. The molecule has 2 aromatic rings. The second-order valence-corrected chi connectivity index (χ2v) is 9.33. The molecule has 0 aromatic heterocycles. The molecule has 164 valence electrons. The molecule has 0 spiro atoms. The maximum absolute atomic E-state index is 12.4. The molecule has 0 radical (unpaired) electrons. The first-order chi connectivity index (χ1) is 14.8. The van der Waals surface area contributed by atoms with E-state index in [1.54, 1.807) is 18.2 Å². The van der Waals surface area contributed by atoms with E-state index in [9.17, 15) is 18.0 Å². The molecule has 2 amide bonds. The second kappa shape index (κ2) is 8.08. The van der Waals surface area contributed by atoms with Crippen molar-refractivity contribution in [1.29, 1.82) is 0 Å². The number of nitrogens with one attached hydrogen (secondary N) is 1. The highest BCUT2D eigenvalue weighted by molar-refractivity contribution is 7.89. The van der Waals surface area contributed by atoms with Crippen LogP contribution in [0.25, 0.3) is 0 Å². The van der Waals surface area contributed by atoms with Crippen LogP contribution in [0.4, 0.5) is 10.5 Å². The van der Waals surface area contributed by atoms with Gasteiger partial charge >= 0.3 is 6.09 Å². The van der Waals surface area contributed by atoms with Crippen molar-refractivity contribution in [3.05, 3.63) is 48.0 Å². The van der Waals surface area contributed by atoms with Gasteiger partial charge in [-0.25, -0.2) is 17.5 Å². The van der Waals surface area contributed by atoms with Gasteiger partial charge in [0, 0.05) is 25.7 Å². The van der Waals surface area contributed by atoms with Crippen LogP contribution in [-0.2, 0) is 14.8 Å². The lowest BCUT2D eigenvalue weighted by molar-refractivity contribution is 0.0916. The Bertz CT molecular complexity index is 1120. The number of amides is 2. The van der Waals surface area contributed by atoms with Gasteiger partial charge in [-0.2, -0.15) is 0 Å². The van der Waals surface area contributed by atoms with Crippen molar-refractivity contribution >= 4 is 27.7 Å². The number of rotatable bonds is 6. The topological polar surface area (TPSA) is 114 Å². The third-order valence-corrected chi connectivity index (χ3v) is 6.76. The van der Waals surface area contributed by atoms with Gasteiger partial charge < -0.3 is 19.5 Å². The lowest BCUT2D eigenvalue weighted by Gasteiger charge is -2.14. The molecule has 0 unspecified atom stereocenters. The molecule has 1 N–H and O–H groups in total. The van der Waals surface area contributed by atoms with Crippen LogP contribution in [0.15, 0.2) is 47.4 Å². The van der Waals surface area contributed by atoms with Crippen molar-refractivity contribution in [1.82, 2.24) is 9.62 Å². The summed E-state index contributed by atoms with van der Waals surface area (Å²) in [5, 5.41) is 2.71. The van der Waals surface area contributed by atoms with Crippen LogP contribution in [0.5, 0.6) is 11.5 Å². The van der Waals surface area contributed by atoms with Gasteiger partial charge in [0.05, 0.1) is 23.7 Å². The average Bonchev–Trinajstić information content (AvgIpc) is 3.37. The van der Waals surface area contributed by atoms with Gasteiger partial charge in [-0.05, 0) is 36.4 Å². The summed E-state index contributed by atoms with van der Waals surface area (Å²) in [5.41, 5.74) is 0.912. The SMILES string of the molecule is CN(C)S(=O)(=O)c1ccc(C(=O)NC[C@@H]2CN(c3ccc4c(c3)OCO4)C(=O)O2)cc1. The van der Waals surface area contributed by atoms with Crippen LogP contribution < -0.4 is 19.7 Å². The summed E-state index contributed by atoms with van der Waals surface area (Å²) in [6.45, 7) is 0.516. The fraction of sp³-hybridized carbons (Fsp3) is 0.300. The number of sulfonamides is 1. The molecule has 1 fully saturated rings. The Morgan fingerprint density at radius 2 is 1.84 bits per heavy atom. The first-order valence-corrected chi connectivity index (χ1v) is 10.9. The van der Waals surface area contributed by atoms with E-state index in [1.807, 2.05) is 0 Å². The minimum Gasteiger partial charge on any atom is -0.454 e. The number of cyclic esters (lactones) is 1. The molecule has 1 saturated heterocycles. The number of fused-ring (bicyclic) bond motifs is 1. The van der Waals surface area contributed by atoms with Crippen LogP contribution in [-0.4, -0.2) is 64.8 Å². The highest BCUT2D eigenvalue weighted by atomic mass is 32.2. The molecular formula is C20H21N3O7S. The van der Waals surface area contributed by atoms with Gasteiger partial charge in [0.1, 0.15) is 6.10 Å². The van der Waals surface area contributed by atoms with Crippen molar-refractivity contribution in [2.24, 2.45) is 0 Å². The maximum atomic E-state index is 12.4. The molecular weight excluding hydrogens is 426 g/mol. The number of benzene rings is 2. The van der Waals surface area contributed by atoms with Gasteiger partial charge in [0.25, 0.3) is 5.91 Å². The van der Waals surface area contributed by atoms with Crippen LogP contribution >= 0.6 is 0 Å². The highest BCUT2D eigenvalue weighted by Gasteiger charge is 2.33. The summed E-state index contributed by atoms with van der Waals surface area (Å²) in [5.74, 6) is 0.776. The summed E-state index contributed by atoms with van der Waals surface area (Å²) in [4.78, 5) is 26.2. The molecule has 10 nitrogen and oxygen atoms in total. The zero-order valence-corrected chi connectivity index (χ0v) is 17.7. The van der Waals surface area contributed by atoms with Gasteiger partial charge in [-0.1, -0.05) is 0 Å². The summed E-state index contributed by atoms with van der Waals surface area (Å²) in [7, 11) is -0.693. The molecule has 1 atom stereocenters. The Balaban J connectivity index is 1.35. The van der Waals surface area contributed by atoms with Crippen molar-refractivity contribution in [3.8, 4) is 11.5 Å². The predicted molar refractivity (Wildman–Crippen MR) is 110 cm³/mol. The Kier molecular flexibility index (Phi) is 5.46.